The number of rotatable bonds is 7. The quantitative estimate of drug-likeness (QED) is 0.245. The maximum atomic E-state index is 13.5. The van der Waals surface area contributed by atoms with Crippen LogP contribution in [0.15, 0.2) is 47.8 Å². The van der Waals surface area contributed by atoms with Crippen molar-refractivity contribution in [2.24, 2.45) is 5.73 Å². The normalized spacial score (nSPS) is 11.3. The van der Waals surface area contributed by atoms with E-state index in [2.05, 4.69) is 14.8 Å². The molecular formula is C24H22F6N2O5. The van der Waals surface area contributed by atoms with Crippen molar-refractivity contribution in [2.45, 2.75) is 19.8 Å². The summed E-state index contributed by atoms with van der Waals surface area (Å²) in [5, 5.41) is 2.29. The molecule has 0 atom stereocenters. The number of hydrogen-bond donors (Lipinski definition) is 2. The fourth-order valence-corrected chi connectivity index (χ4v) is 2.64. The Hall–Kier alpha value is -4.29. The lowest BCUT2D eigenvalue weighted by atomic mass is 10.1. The van der Waals surface area contributed by atoms with Gasteiger partial charge in [0.05, 0.1) is 14.2 Å². The molecule has 7 nitrogen and oxygen atoms in total. The van der Waals surface area contributed by atoms with Gasteiger partial charge in [-0.25, -0.2) is 35.9 Å². The second-order valence-electron chi connectivity index (χ2n) is 7.19. The van der Waals surface area contributed by atoms with E-state index in [4.69, 9.17) is 5.73 Å². The molecule has 0 unspecified atom stereocenters. The van der Waals surface area contributed by atoms with E-state index in [1.54, 1.807) is 0 Å². The van der Waals surface area contributed by atoms with Crippen molar-refractivity contribution in [3.63, 3.8) is 0 Å². The number of allylic oxidation sites excluding steroid dienone is 2. The highest BCUT2D eigenvalue weighted by molar-refractivity contribution is 5.84. The van der Waals surface area contributed by atoms with Crippen LogP contribution in [0.5, 0.6) is 0 Å². The average molecular weight is 532 g/mol. The van der Waals surface area contributed by atoms with Gasteiger partial charge < -0.3 is 20.5 Å². The lowest BCUT2D eigenvalue weighted by Crippen LogP contribution is -2.22. The minimum Gasteiger partial charge on any atom is -0.466 e. The highest BCUT2D eigenvalue weighted by atomic mass is 19.2. The summed E-state index contributed by atoms with van der Waals surface area (Å²) in [7, 11) is 2.28. The Labute approximate surface area is 207 Å². The number of benzene rings is 2. The number of nitrogens with one attached hydrogen (secondary N) is 1. The van der Waals surface area contributed by atoms with Gasteiger partial charge in [-0.3, -0.25) is 4.79 Å². The van der Waals surface area contributed by atoms with Crippen LogP contribution < -0.4 is 11.1 Å². The van der Waals surface area contributed by atoms with E-state index in [0.29, 0.717) is 24.3 Å². The smallest absolute Gasteiger partial charge is 0.332 e. The number of esters is 2. The van der Waals surface area contributed by atoms with Crippen LogP contribution in [0.4, 0.5) is 26.3 Å². The number of halogens is 6. The predicted octanol–water partition coefficient (Wildman–Crippen LogP) is 3.50. The molecule has 2 aromatic carbocycles. The van der Waals surface area contributed by atoms with E-state index in [1.165, 1.54) is 6.92 Å². The van der Waals surface area contributed by atoms with Crippen molar-refractivity contribution in [1.29, 1.82) is 0 Å². The van der Waals surface area contributed by atoms with Crippen LogP contribution in [0.1, 0.15) is 18.1 Å². The Kier molecular flexibility index (Phi) is 11.9. The van der Waals surface area contributed by atoms with Gasteiger partial charge in [-0.15, -0.1) is 0 Å². The Morgan fingerprint density at radius 1 is 0.730 bits per heavy atom. The van der Waals surface area contributed by atoms with Gasteiger partial charge in [0.25, 0.3) is 0 Å². The molecule has 0 spiro atoms. The summed E-state index contributed by atoms with van der Waals surface area (Å²) in [6, 6.07) is 2.19. The van der Waals surface area contributed by atoms with Crippen LogP contribution >= 0.6 is 0 Å². The molecule has 2 rings (SSSR count). The molecule has 0 bridgehead atoms. The van der Waals surface area contributed by atoms with Gasteiger partial charge in [0.15, 0.2) is 23.3 Å². The van der Waals surface area contributed by atoms with Crippen LogP contribution in [-0.2, 0) is 36.7 Å². The maximum Gasteiger partial charge on any atom is 0.332 e. The van der Waals surface area contributed by atoms with Crippen LogP contribution in [0.25, 0.3) is 0 Å². The minimum atomic E-state index is -1.32. The first-order chi connectivity index (χ1) is 17.3. The van der Waals surface area contributed by atoms with Crippen LogP contribution in [0.3, 0.4) is 0 Å². The topological polar surface area (TPSA) is 108 Å². The summed E-state index contributed by atoms with van der Waals surface area (Å²) < 4.78 is 86.7. The number of ether oxygens (including phenoxy) is 2. The zero-order valence-corrected chi connectivity index (χ0v) is 19.8. The van der Waals surface area contributed by atoms with E-state index >= 15 is 0 Å². The first-order valence-electron chi connectivity index (χ1n) is 10.1. The molecule has 0 saturated carbocycles. The SMILES string of the molecule is COC(=O)/C=C(/Cc1cc(F)c(F)cc1F)NC(C)=O.COC(=O)/C=C(\N)Cc1cc(F)c(F)cc1F. The Balaban J connectivity index is 0.000000375. The van der Waals surface area contributed by atoms with Gasteiger partial charge in [0, 0.05) is 55.4 Å². The lowest BCUT2D eigenvalue weighted by molar-refractivity contribution is -0.135. The van der Waals surface area contributed by atoms with Crippen molar-refractivity contribution in [2.75, 3.05) is 14.2 Å². The van der Waals surface area contributed by atoms with Gasteiger partial charge in [-0.1, -0.05) is 0 Å². The average Bonchev–Trinajstić information content (AvgIpc) is 2.80. The molecule has 37 heavy (non-hydrogen) atoms. The fraction of sp³-hybridized carbons (Fsp3) is 0.208. The van der Waals surface area contributed by atoms with Crippen molar-refractivity contribution in [3.05, 3.63) is 93.8 Å². The standard InChI is InChI=1S/C13H12F3NO3.C11H10F3NO2/c1-7(18)17-9(5-13(19)20-2)3-8-4-11(15)12(16)6-10(8)14;1-17-11(16)4-7(15)2-6-3-9(13)10(14)5-8(6)12/h4-6H,3H2,1-2H3,(H,17,18);3-5H,2,15H2,1H3/b9-5-;7-4-. The first kappa shape index (κ1) is 30.7. The number of hydrogen-bond acceptors (Lipinski definition) is 6. The summed E-state index contributed by atoms with van der Waals surface area (Å²) in [5.74, 6) is -8.86. The minimum absolute atomic E-state index is 0.00857. The van der Waals surface area contributed by atoms with Crippen LogP contribution in [-0.4, -0.2) is 32.1 Å². The number of carbonyl (C=O) groups excluding carboxylic acids is 3. The van der Waals surface area contributed by atoms with Gasteiger partial charge in [-0.05, 0) is 23.3 Å². The number of methoxy groups -OCH3 is 2. The number of nitrogens with two attached hydrogens (primary N) is 1. The van der Waals surface area contributed by atoms with Crippen molar-refractivity contribution in [3.8, 4) is 0 Å². The molecule has 0 saturated heterocycles. The lowest BCUT2D eigenvalue weighted by Gasteiger charge is -2.09. The fourth-order valence-electron chi connectivity index (χ4n) is 2.64. The van der Waals surface area contributed by atoms with Crippen molar-refractivity contribution < 1.29 is 50.2 Å². The molecule has 0 aliphatic carbocycles. The zero-order valence-electron chi connectivity index (χ0n) is 19.8. The molecule has 13 heteroatoms. The molecule has 0 fully saturated rings. The molecule has 0 heterocycles. The molecular weight excluding hydrogens is 510 g/mol. The van der Waals surface area contributed by atoms with Crippen LogP contribution in [0.2, 0.25) is 0 Å². The molecule has 200 valence electrons. The molecule has 0 aliphatic heterocycles. The Morgan fingerprint density at radius 2 is 1.14 bits per heavy atom. The van der Waals surface area contributed by atoms with E-state index in [0.717, 1.165) is 26.4 Å². The third-order valence-electron chi connectivity index (χ3n) is 4.29. The summed E-state index contributed by atoms with van der Waals surface area (Å²) in [5.41, 5.74) is 5.07. The maximum absolute atomic E-state index is 13.5. The third kappa shape index (κ3) is 10.5. The van der Waals surface area contributed by atoms with E-state index < -0.39 is 52.7 Å². The van der Waals surface area contributed by atoms with Gasteiger partial charge in [-0.2, -0.15) is 0 Å². The second kappa shape index (κ2) is 14.3. The molecule has 3 N–H and O–H groups in total. The monoisotopic (exact) mass is 532 g/mol. The highest BCUT2D eigenvalue weighted by Gasteiger charge is 2.13. The summed E-state index contributed by atoms with van der Waals surface area (Å²) >= 11 is 0. The molecule has 0 radical (unpaired) electrons. The zero-order chi connectivity index (χ0) is 28.3. The Bertz CT molecular complexity index is 1230. The summed E-state index contributed by atoms with van der Waals surface area (Å²) in [6.07, 6.45) is 1.37. The molecule has 1 amide bonds. The summed E-state index contributed by atoms with van der Waals surface area (Å²) in [4.78, 5) is 32.9. The van der Waals surface area contributed by atoms with Crippen molar-refractivity contribution in [1.82, 2.24) is 5.32 Å². The predicted molar refractivity (Wildman–Crippen MR) is 118 cm³/mol. The van der Waals surface area contributed by atoms with Gasteiger partial charge in [0.1, 0.15) is 11.6 Å². The summed E-state index contributed by atoms with van der Waals surface area (Å²) in [6.45, 7) is 1.19. The van der Waals surface area contributed by atoms with E-state index in [1.807, 2.05) is 0 Å². The largest absolute Gasteiger partial charge is 0.466 e. The van der Waals surface area contributed by atoms with Crippen molar-refractivity contribution >= 4 is 17.8 Å². The third-order valence-corrected chi connectivity index (χ3v) is 4.29. The van der Waals surface area contributed by atoms with Crippen LogP contribution in [0, 0.1) is 34.9 Å². The van der Waals surface area contributed by atoms with Gasteiger partial charge >= 0.3 is 11.9 Å². The number of carbonyl (C=O) groups is 3. The van der Waals surface area contributed by atoms with Gasteiger partial charge in [0.2, 0.25) is 5.91 Å². The second-order valence-corrected chi connectivity index (χ2v) is 7.19. The molecule has 0 aromatic heterocycles. The molecule has 0 aliphatic rings. The first-order valence-corrected chi connectivity index (χ1v) is 10.1. The Morgan fingerprint density at radius 3 is 1.57 bits per heavy atom. The number of amides is 1. The van der Waals surface area contributed by atoms with E-state index in [-0.39, 0.29) is 35.4 Å². The van der Waals surface area contributed by atoms with E-state index in [9.17, 15) is 40.7 Å². The molecule has 2 aromatic rings. The highest BCUT2D eigenvalue weighted by Crippen LogP contribution is 2.17.